The minimum absolute atomic E-state index is 0.211. The summed E-state index contributed by atoms with van der Waals surface area (Å²) in [5.41, 5.74) is 6.94. The van der Waals surface area contributed by atoms with Crippen LogP contribution in [0.15, 0.2) is 40.4 Å². The molecular formula is C16H17N5OS. The molecule has 118 valence electrons. The maximum absolute atomic E-state index is 6.06. The highest BCUT2D eigenvalue weighted by Crippen LogP contribution is 2.27. The van der Waals surface area contributed by atoms with Gasteiger partial charge in [-0.3, -0.25) is 0 Å². The molecule has 23 heavy (non-hydrogen) atoms. The summed E-state index contributed by atoms with van der Waals surface area (Å²) in [5, 5.41) is 6.06. The molecule has 0 saturated carbocycles. The van der Waals surface area contributed by atoms with Crippen LogP contribution in [0.25, 0.3) is 22.2 Å². The molecule has 4 rings (SSSR count). The summed E-state index contributed by atoms with van der Waals surface area (Å²) in [4.78, 5) is 12.2. The van der Waals surface area contributed by atoms with E-state index in [1.54, 1.807) is 17.5 Å². The van der Waals surface area contributed by atoms with E-state index in [0.29, 0.717) is 11.7 Å². The van der Waals surface area contributed by atoms with Gasteiger partial charge in [0.15, 0.2) is 0 Å². The van der Waals surface area contributed by atoms with E-state index in [-0.39, 0.29) is 6.04 Å². The van der Waals surface area contributed by atoms with Gasteiger partial charge in [0.05, 0.1) is 4.88 Å². The second kappa shape index (κ2) is 6.10. The van der Waals surface area contributed by atoms with Crippen molar-refractivity contribution in [2.24, 2.45) is 5.73 Å². The highest BCUT2D eigenvalue weighted by molar-refractivity contribution is 7.13. The third-order valence-corrected chi connectivity index (χ3v) is 4.81. The number of aromatic nitrogens is 3. The van der Waals surface area contributed by atoms with E-state index in [9.17, 15) is 0 Å². The zero-order chi connectivity index (χ0) is 15.6. The summed E-state index contributed by atoms with van der Waals surface area (Å²) in [6.45, 7) is 1.81. The van der Waals surface area contributed by atoms with E-state index in [1.165, 1.54) is 0 Å². The van der Waals surface area contributed by atoms with E-state index in [0.717, 1.165) is 42.2 Å². The van der Waals surface area contributed by atoms with Gasteiger partial charge < -0.3 is 15.2 Å². The molecule has 1 saturated heterocycles. The number of nitrogens with two attached hydrogens (primary N) is 1. The number of nitrogens with zero attached hydrogens (tertiary/aromatic N) is 4. The lowest BCUT2D eigenvalue weighted by molar-refractivity contribution is 0.432. The highest BCUT2D eigenvalue weighted by atomic mass is 32.1. The largest absolute Gasteiger partial charge is 0.355 e. The van der Waals surface area contributed by atoms with Crippen LogP contribution in [-0.2, 0) is 0 Å². The predicted octanol–water partition coefficient (Wildman–Crippen LogP) is 2.79. The fraction of sp³-hybridized carbons (Fsp3) is 0.312. The van der Waals surface area contributed by atoms with Crippen molar-refractivity contribution in [3.05, 3.63) is 35.8 Å². The number of pyridine rings is 1. The molecule has 3 aromatic heterocycles. The maximum Gasteiger partial charge on any atom is 0.258 e. The molecule has 0 radical (unpaired) electrons. The van der Waals surface area contributed by atoms with Crippen LogP contribution in [0.3, 0.4) is 0 Å². The molecule has 1 aliphatic heterocycles. The first-order chi connectivity index (χ1) is 11.3. The molecular weight excluding hydrogens is 310 g/mol. The smallest absolute Gasteiger partial charge is 0.258 e. The molecule has 0 aliphatic carbocycles. The topological polar surface area (TPSA) is 81.1 Å². The van der Waals surface area contributed by atoms with Crippen LogP contribution in [0.4, 0.5) is 5.82 Å². The van der Waals surface area contributed by atoms with Crippen molar-refractivity contribution in [3.8, 4) is 22.2 Å². The zero-order valence-corrected chi connectivity index (χ0v) is 13.4. The van der Waals surface area contributed by atoms with Crippen LogP contribution in [0.1, 0.15) is 12.8 Å². The van der Waals surface area contributed by atoms with E-state index in [1.807, 2.05) is 29.6 Å². The van der Waals surface area contributed by atoms with Gasteiger partial charge in [-0.1, -0.05) is 11.2 Å². The molecule has 1 aliphatic rings. The Morgan fingerprint density at radius 1 is 1.35 bits per heavy atom. The summed E-state index contributed by atoms with van der Waals surface area (Å²) in [6, 6.07) is 8.04. The first-order valence-electron chi connectivity index (χ1n) is 7.64. The Morgan fingerprint density at radius 2 is 2.30 bits per heavy atom. The average molecular weight is 327 g/mol. The molecule has 4 heterocycles. The summed E-state index contributed by atoms with van der Waals surface area (Å²) < 4.78 is 5.41. The molecule has 0 bridgehead atoms. The second-order valence-electron chi connectivity index (χ2n) is 5.65. The molecule has 2 N–H and O–H groups in total. The fourth-order valence-corrected chi connectivity index (χ4v) is 3.44. The fourth-order valence-electron chi connectivity index (χ4n) is 2.79. The van der Waals surface area contributed by atoms with Crippen molar-refractivity contribution in [2.75, 3.05) is 18.0 Å². The third kappa shape index (κ3) is 2.97. The predicted molar refractivity (Wildman–Crippen MR) is 90.3 cm³/mol. The van der Waals surface area contributed by atoms with Crippen molar-refractivity contribution in [3.63, 3.8) is 0 Å². The second-order valence-corrected chi connectivity index (χ2v) is 6.60. The molecule has 0 aromatic carbocycles. The number of piperidine rings is 1. The maximum atomic E-state index is 6.06. The van der Waals surface area contributed by atoms with E-state index >= 15 is 0 Å². The van der Waals surface area contributed by atoms with Crippen molar-refractivity contribution in [1.29, 1.82) is 0 Å². The molecule has 1 fully saturated rings. The number of anilines is 1. The Bertz CT molecular complexity index is 785. The van der Waals surface area contributed by atoms with Gasteiger partial charge in [-0.25, -0.2) is 4.98 Å². The van der Waals surface area contributed by atoms with Gasteiger partial charge >= 0.3 is 0 Å². The molecule has 0 amide bonds. The van der Waals surface area contributed by atoms with Crippen molar-refractivity contribution in [2.45, 2.75) is 18.9 Å². The first kappa shape index (κ1) is 14.3. The highest BCUT2D eigenvalue weighted by Gasteiger charge is 2.19. The van der Waals surface area contributed by atoms with Crippen LogP contribution < -0.4 is 10.6 Å². The molecule has 3 aromatic rings. The standard InChI is InChI=1S/C16H17N5OS/c17-12-3-1-7-21(10-12)14-9-11(5-6-18-14)16-19-15(20-22-16)13-4-2-8-23-13/h2,4-6,8-9,12H,1,3,7,10,17H2. The number of rotatable bonds is 3. The van der Waals surface area contributed by atoms with Crippen LogP contribution >= 0.6 is 11.3 Å². The molecule has 0 spiro atoms. The lowest BCUT2D eigenvalue weighted by Crippen LogP contribution is -2.43. The lowest BCUT2D eigenvalue weighted by Gasteiger charge is -2.31. The SMILES string of the molecule is NC1CCCN(c2cc(-c3nc(-c4cccs4)no3)ccn2)C1. The van der Waals surface area contributed by atoms with Crippen molar-refractivity contribution < 1.29 is 4.52 Å². The van der Waals surface area contributed by atoms with Crippen LogP contribution in [0, 0.1) is 0 Å². The number of hydrogen-bond acceptors (Lipinski definition) is 7. The Balaban J connectivity index is 1.61. The van der Waals surface area contributed by atoms with Gasteiger partial charge in [0.2, 0.25) is 5.82 Å². The zero-order valence-electron chi connectivity index (χ0n) is 12.6. The Kier molecular flexibility index (Phi) is 3.80. The van der Waals surface area contributed by atoms with Gasteiger partial charge in [-0.05, 0) is 36.4 Å². The van der Waals surface area contributed by atoms with E-state index < -0.39 is 0 Å². The summed E-state index contributed by atoms with van der Waals surface area (Å²) in [6.07, 6.45) is 3.94. The Labute approximate surface area is 138 Å². The average Bonchev–Trinajstić information content (AvgIpc) is 3.26. The monoisotopic (exact) mass is 327 g/mol. The van der Waals surface area contributed by atoms with Crippen molar-refractivity contribution >= 4 is 17.2 Å². The first-order valence-corrected chi connectivity index (χ1v) is 8.52. The van der Waals surface area contributed by atoms with Gasteiger partial charge in [-0.2, -0.15) is 4.98 Å². The normalized spacial score (nSPS) is 18.3. The van der Waals surface area contributed by atoms with Gasteiger partial charge in [0.1, 0.15) is 5.82 Å². The van der Waals surface area contributed by atoms with Crippen LogP contribution in [0.2, 0.25) is 0 Å². The minimum Gasteiger partial charge on any atom is -0.355 e. The van der Waals surface area contributed by atoms with Crippen LogP contribution in [0.5, 0.6) is 0 Å². The van der Waals surface area contributed by atoms with Gasteiger partial charge in [0.25, 0.3) is 5.89 Å². The lowest BCUT2D eigenvalue weighted by atomic mass is 10.1. The summed E-state index contributed by atoms with van der Waals surface area (Å²) >= 11 is 1.59. The molecule has 7 heteroatoms. The summed E-state index contributed by atoms with van der Waals surface area (Å²) in [7, 11) is 0. The quantitative estimate of drug-likeness (QED) is 0.796. The van der Waals surface area contributed by atoms with E-state index in [4.69, 9.17) is 10.3 Å². The third-order valence-electron chi connectivity index (χ3n) is 3.94. The van der Waals surface area contributed by atoms with Gasteiger partial charge in [-0.15, -0.1) is 11.3 Å². The van der Waals surface area contributed by atoms with Crippen LogP contribution in [-0.4, -0.2) is 34.3 Å². The molecule has 6 nitrogen and oxygen atoms in total. The number of thiophene rings is 1. The Hall–Kier alpha value is -2.25. The van der Waals surface area contributed by atoms with Crippen molar-refractivity contribution in [1.82, 2.24) is 15.1 Å². The van der Waals surface area contributed by atoms with Gasteiger partial charge in [0, 0.05) is 30.9 Å². The minimum atomic E-state index is 0.211. The Morgan fingerprint density at radius 3 is 3.13 bits per heavy atom. The molecule has 1 unspecified atom stereocenters. The molecule has 1 atom stereocenters. The number of hydrogen-bond donors (Lipinski definition) is 1. The summed E-state index contributed by atoms with van der Waals surface area (Å²) in [5.74, 6) is 2.04. The van der Waals surface area contributed by atoms with E-state index in [2.05, 4.69) is 20.0 Å².